The first-order chi connectivity index (χ1) is 9.65. The summed E-state index contributed by atoms with van der Waals surface area (Å²) < 4.78 is 13.1. The van der Waals surface area contributed by atoms with Crippen molar-refractivity contribution in [1.29, 1.82) is 0 Å². The first-order valence-corrected chi connectivity index (χ1v) is 6.41. The summed E-state index contributed by atoms with van der Waals surface area (Å²) in [6, 6.07) is 14.4. The molecule has 0 fully saturated rings. The van der Waals surface area contributed by atoms with E-state index in [4.69, 9.17) is 0 Å². The Kier molecular flexibility index (Phi) is 4.66. The Balaban J connectivity index is 1.89. The number of carbonyl (C=O) groups is 1. The Hall–Kier alpha value is -2.42. The van der Waals surface area contributed by atoms with Gasteiger partial charge < -0.3 is 5.32 Å². The van der Waals surface area contributed by atoms with E-state index in [1.165, 1.54) is 12.1 Å². The second-order valence-corrected chi connectivity index (χ2v) is 4.55. The molecule has 0 aliphatic rings. The molecule has 2 rings (SSSR count). The van der Waals surface area contributed by atoms with Crippen molar-refractivity contribution in [2.24, 2.45) is 0 Å². The van der Waals surface area contributed by atoms with Crippen molar-refractivity contribution in [3.05, 3.63) is 77.1 Å². The van der Waals surface area contributed by atoms with E-state index >= 15 is 0 Å². The quantitative estimate of drug-likeness (QED) is 0.846. The van der Waals surface area contributed by atoms with Crippen LogP contribution in [-0.4, -0.2) is 5.91 Å². The summed E-state index contributed by atoms with van der Waals surface area (Å²) in [6.45, 7) is 2.09. The summed E-state index contributed by atoms with van der Waals surface area (Å²) in [5.74, 6) is -0.403. The van der Waals surface area contributed by atoms with Crippen molar-refractivity contribution >= 4 is 12.0 Å². The van der Waals surface area contributed by atoms with E-state index in [1.54, 1.807) is 25.1 Å². The van der Waals surface area contributed by atoms with E-state index in [0.29, 0.717) is 12.1 Å². The van der Waals surface area contributed by atoms with Gasteiger partial charge in [0.1, 0.15) is 5.82 Å². The van der Waals surface area contributed by atoms with Crippen LogP contribution in [-0.2, 0) is 11.3 Å². The molecule has 1 N–H and O–H groups in total. The lowest BCUT2D eigenvalue weighted by atomic mass is 10.1. The predicted molar refractivity (Wildman–Crippen MR) is 78.5 cm³/mol. The normalized spacial score (nSPS) is 10.7. The molecule has 3 heteroatoms. The summed E-state index contributed by atoms with van der Waals surface area (Å²) in [7, 11) is 0. The number of benzene rings is 2. The van der Waals surface area contributed by atoms with Gasteiger partial charge in [0.15, 0.2) is 0 Å². The van der Waals surface area contributed by atoms with Crippen molar-refractivity contribution in [3.8, 4) is 0 Å². The molecule has 0 atom stereocenters. The van der Waals surface area contributed by atoms with Crippen LogP contribution in [0.1, 0.15) is 16.7 Å². The third-order valence-electron chi connectivity index (χ3n) is 2.92. The van der Waals surface area contributed by atoms with Gasteiger partial charge in [0, 0.05) is 12.6 Å². The molecule has 20 heavy (non-hydrogen) atoms. The molecule has 2 aromatic carbocycles. The number of rotatable bonds is 4. The Morgan fingerprint density at radius 3 is 2.65 bits per heavy atom. The highest BCUT2D eigenvalue weighted by Gasteiger charge is 2.00. The molecular weight excluding hydrogens is 253 g/mol. The highest BCUT2D eigenvalue weighted by molar-refractivity contribution is 5.91. The monoisotopic (exact) mass is 269 g/mol. The van der Waals surface area contributed by atoms with Crippen molar-refractivity contribution < 1.29 is 9.18 Å². The van der Waals surface area contributed by atoms with Crippen molar-refractivity contribution in [2.75, 3.05) is 0 Å². The largest absolute Gasteiger partial charge is 0.348 e. The van der Waals surface area contributed by atoms with E-state index in [2.05, 4.69) is 5.32 Å². The van der Waals surface area contributed by atoms with Crippen LogP contribution < -0.4 is 5.32 Å². The average molecular weight is 269 g/mol. The minimum absolute atomic E-state index is 0.171. The zero-order valence-corrected chi connectivity index (χ0v) is 11.3. The first-order valence-electron chi connectivity index (χ1n) is 6.41. The summed E-state index contributed by atoms with van der Waals surface area (Å²) in [5, 5.41) is 2.77. The lowest BCUT2D eigenvalue weighted by Gasteiger charge is -2.04. The van der Waals surface area contributed by atoms with E-state index in [0.717, 1.165) is 11.1 Å². The van der Waals surface area contributed by atoms with Gasteiger partial charge in [-0.2, -0.15) is 0 Å². The molecule has 2 nitrogen and oxygen atoms in total. The fourth-order valence-electron chi connectivity index (χ4n) is 1.80. The number of aryl methyl sites for hydroxylation is 1. The summed E-state index contributed by atoms with van der Waals surface area (Å²) in [6.07, 6.45) is 3.25. The number of nitrogens with one attached hydrogen (secondary N) is 1. The van der Waals surface area contributed by atoms with Gasteiger partial charge in [-0.3, -0.25) is 4.79 Å². The van der Waals surface area contributed by atoms with Gasteiger partial charge in [-0.1, -0.05) is 42.5 Å². The van der Waals surface area contributed by atoms with E-state index in [9.17, 15) is 9.18 Å². The van der Waals surface area contributed by atoms with Crippen LogP contribution in [0.2, 0.25) is 0 Å². The predicted octanol–water partition coefficient (Wildman–Crippen LogP) is 3.46. The van der Waals surface area contributed by atoms with Gasteiger partial charge >= 0.3 is 0 Å². The van der Waals surface area contributed by atoms with Gasteiger partial charge in [0.2, 0.25) is 5.91 Å². The third kappa shape index (κ3) is 4.05. The maximum absolute atomic E-state index is 13.1. The van der Waals surface area contributed by atoms with Crippen LogP contribution in [0.4, 0.5) is 4.39 Å². The Morgan fingerprint density at radius 2 is 1.95 bits per heavy atom. The topological polar surface area (TPSA) is 29.1 Å². The van der Waals surface area contributed by atoms with E-state index in [1.807, 2.05) is 30.3 Å². The van der Waals surface area contributed by atoms with Crippen LogP contribution in [0, 0.1) is 12.7 Å². The van der Waals surface area contributed by atoms with Crippen LogP contribution in [0.15, 0.2) is 54.6 Å². The second-order valence-electron chi connectivity index (χ2n) is 4.55. The highest BCUT2D eigenvalue weighted by Crippen LogP contribution is 2.09. The molecule has 0 saturated carbocycles. The van der Waals surface area contributed by atoms with E-state index in [-0.39, 0.29) is 11.7 Å². The molecule has 0 aliphatic carbocycles. The summed E-state index contributed by atoms with van der Waals surface area (Å²) in [4.78, 5) is 11.7. The van der Waals surface area contributed by atoms with Crippen molar-refractivity contribution in [3.63, 3.8) is 0 Å². The van der Waals surface area contributed by atoms with Crippen molar-refractivity contribution in [2.45, 2.75) is 13.5 Å². The standard InChI is InChI=1S/C17H16FNO/c1-13-11-15(7-9-16(13)18)12-19-17(20)10-8-14-5-3-2-4-6-14/h2-11H,12H2,1H3,(H,19,20)/b10-8+. The van der Waals surface area contributed by atoms with Crippen LogP contribution in [0.25, 0.3) is 6.08 Å². The summed E-state index contributed by atoms with van der Waals surface area (Å²) in [5.41, 5.74) is 2.43. The lowest BCUT2D eigenvalue weighted by Crippen LogP contribution is -2.20. The van der Waals surface area contributed by atoms with Gasteiger partial charge in [-0.25, -0.2) is 4.39 Å². The maximum Gasteiger partial charge on any atom is 0.244 e. The zero-order chi connectivity index (χ0) is 14.4. The molecule has 0 aromatic heterocycles. The molecule has 102 valence electrons. The minimum Gasteiger partial charge on any atom is -0.348 e. The fraction of sp³-hybridized carbons (Fsp3) is 0.118. The van der Waals surface area contributed by atoms with Crippen molar-refractivity contribution in [1.82, 2.24) is 5.32 Å². The van der Waals surface area contributed by atoms with Gasteiger partial charge in [0.05, 0.1) is 0 Å². The summed E-state index contributed by atoms with van der Waals surface area (Å²) >= 11 is 0. The average Bonchev–Trinajstić information content (AvgIpc) is 2.47. The molecule has 0 aliphatic heterocycles. The maximum atomic E-state index is 13.1. The Bertz CT molecular complexity index is 620. The molecule has 0 bridgehead atoms. The lowest BCUT2D eigenvalue weighted by molar-refractivity contribution is -0.116. The van der Waals surface area contributed by atoms with Crippen LogP contribution in [0.3, 0.4) is 0 Å². The fourth-order valence-corrected chi connectivity index (χ4v) is 1.80. The Labute approximate surface area is 118 Å². The number of hydrogen-bond acceptors (Lipinski definition) is 1. The Morgan fingerprint density at radius 1 is 1.20 bits per heavy atom. The zero-order valence-electron chi connectivity index (χ0n) is 11.3. The first kappa shape index (κ1) is 14.0. The van der Waals surface area contributed by atoms with Gasteiger partial charge in [0.25, 0.3) is 0 Å². The molecule has 2 aromatic rings. The number of amides is 1. The van der Waals surface area contributed by atoms with Crippen LogP contribution >= 0.6 is 0 Å². The molecule has 0 spiro atoms. The smallest absolute Gasteiger partial charge is 0.244 e. The molecule has 0 saturated heterocycles. The molecular formula is C17H16FNO. The number of carbonyl (C=O) groups excluding carboxylic acids is 1. The van der Waals surface area contributed by atoms with Crippen LogP contribution in [0.5, 0.6) is 0 Å². The van der Waals surface area contributed by atoms with E-state index < -0.39 is 0 Å². The molecule has 0 unspecified atom stereocenters. The second kappa shape index (κ2) is 6.66. The molecule has 0 radical (unpaired) electrons. The molecule has 0 heterocycles. The SMILES string of the molecule is Cc1cc(CNC(=O)/C=C/c2ccccc2)ccc1F. The number of hydrogen-bond donors (Lipinski definition) is 1. The minimum atomic E-state index is -0.232. The highest BCUT2D eigenvalue weighted by atomic mass is 19.1. The molecule has 1 amide bonds. The number of halogens is 1. The van der Waals surface area contributed by atoms with Gasteiger partial charge in [-0.15, -0.1) is 0 Å². The van der Waals surface area contributed by atoms with Gasteiger partial charge in [-0.05, 0) is 35.8 Å². The third-order valence-corrected chi connectivity index (χ3v) is 2.92.